The van der Waals surface area contributed by atoms with E-state index in [-0.39, 0.29) is 27.3 Å². The van der Waals surface area contributed by atoms with Gasteiger partial charge in [0.05, 0.1) is 0 Å². The second-order valence-corrected chi connectivity index (χ2v) is 5.35. The topological polar surface area (TPSA) is 54.9 Å². The highest BCUT2D eigenvalue weighted by Gasteiger charge is 2.17. The lowest BCUT2D eigenvalue weighted by atomic mass is 9.92. The first-order chi connectivity index (χ1) is 7.29. The molecule has 0 aromatic carbocycles. The molecule has 0 radical (unpaired) electrons. The zero-order valence-corrected chi connectivity index (χ0v) is 10.9. The van der Waals surface area contributed by atoms with E-state index in [0.29, 0.717) is 6.42 Å². The molecule has 0 fully saturated rings. The van der Waals surface area contributed by atoms with Crippen LogP contribution in [-0.4, -0.2) is 15.9 Å². The van der Waals surface area contributed by atoms with E-state index >= 15 is 0 Å². The Labute approximate surface area is 104 Å². The highest BCUT2D eigenvalue weighted by atomic mass is 35.5. The lowest BCUT2D eigenvalue weighted by Crippen LogP contribution is -2.20. The van der Waals surface area contributed by atoms with Gasteiger partial charge in [0.25, 0.3) is 0 Å². The molecule has 1 rings (SSSR count). The van der Waals surface area contributed by atoms with E-state index in [4.69, 9.17) is 23.2 Å². The predicted molar refractivity (Wildman–Crippen MR) is 64.8 cm³/mol. The number of amides is 1. The van der Waals surface area contributed by atoms with Gasteiger partial charge >= 0.3 is 0 Å². The summed E-state index contributed by atoms with van der Waals surface area (Å²) >= 11 is 11.5. The van der Waals surface area contributed by atoms with Crippen LogP contribution in [0.5, 0.6) is 0 Å². The van der Waals surface area contributed by atoms with Crippen molar-refractivity contribution in [3.8, 4) is 0 Å². The standard InChI is InChI=1S/C10H13Cl2N3O/c1-10(2,3)4-6(16)15-9-7(11)8(12)13-5-14-9/h5H,4H2,1-3H3,(H,13,14,15,16). The van der Waals surface area contributed by atoms with Crippen LogP contribution in [0.25, 0.3) is 0 Å². The molecule has 1 heterocycles. The predicted octanol–water partition coefficient (Wildman–Crippen LogP) is 3.16. The average Bonchev–Trinajstić information content (AvgIpc) is 2.09. The number of aromatic nitrogens is 2. The van der Waals surface area contributed by atoms with Crippen LogP contribution in [0.3, 0.4) is 0 Å². The van der Waals surface area contributed by atoms with E-state index < -0.39 is 0 Å². The zero-order chi connectivity index (χ0) is 12.3. The minimum Gasteiger partial charge on any atom is -0.309 e. The maximum absolute atomic E-state index is 11.6. The summed E-state index contributed by atoms with van der Waals surface area (Å²) in [5.74, 6) is 0.0973. The first-order valence-corrected chi connectivity index (χ1v) is 5.51. The molecule has 6 heteroatoms. The van der Waals surface area contributed by atoms with Gasteiger partial charge in [-0.15, -0.1) is 0 Å². The number of hydrogen-bond acceptors (Lipinski definition) is 3. The highest BCUT2D eigenvalue weighted by Crippen LogP contribution is 2.26. The maximum Gasteiger partial charge on any atom is 0.226 e. The monoisotopic (exact) mass is 261 g/mol. The molecular weight excluding hydrogens is 249 g/mol. The Kier molecular flexibility index (Phi) is 4.10. The molecule has 1 amide bonds. The third kappa shape index (κ3) is 3.94. The molecular formula is C10H13Cl2N3O. The Morgan fingerprint density at radius 3 is 2.56 bits per heavy atom. The van der Waals surface area contributed by atoms with E-state index in [0.717, 1.165) is 0 Å². The number of nitrogens with zero attached hydrogens (tertiary/aromatic N) is 2. The third-order valence-corrected chi connectivity index (χ3v) is 2.44. The van der Waals surface area contributed by atoms with Crippen molar-refractivity contribution in [2.45, 2.75) is 27.2 Å². The number of hydrogen-bond donors (Lipinski definition) is 1. The van der Waals surface area contributed by atoms with E-state index in [1.807, 2.05) is 20.8 Å². The van der Waals surface area contributed by atoms with Crippen molar-refractivity contribution in [2.75, 3.05) is 5.32 Å². The molecule has 0 aliphatic carbocycles. The Morgan fingerprint density at radius 2 is 2.00 bits per heavy atom. The Balaban J connectivity index is 2.74. The van der Waals surface area contributed by atoms with Crippen LogP contribution in [0, 0.1) is 5.41 Å². The molecule has 0 spiro atoms. The fraction of sp³-hybridized carbons (Fsp3) is 0.500. The third-order valence-electron chi connectivity index (χ3n) is 1.70. The molecule has 4 nitrogen and oxygen atoms in total. The summed E-state index contributed by atoms with van der Waals surface area (Å²) in [6.45, 7) is 5.92. The van der Waals surface area contributed by atoms with Crippen LogP contribution < -0.4 is 5.32 Å². The van der Waals surface area contributed by atoms with Crippen molar-refractivity contribution >= 4 is 34.9 Å². The normalized spacial score (nSPS) is 11.3. The van der Waals surface area contributed by atoms with E-state index in [9.17, 15) is 4.79 Å². The Morgan fingerprint density at radius 1 is 1.38 bits per heavy atom. The zero-order valence-electron chi connectivity index (χ0n) is 9.34. The van der Waals surface area contributed by atoms with Gasteiger partial charge in [-0.05, 0) is 5.41 Å². The van der Waals surface area contributed by atoms with Crippen LogP contribution in [0.2, 0.25) is 10.2 Å². The molecule has 16 heavy (non-hydrogen) atoms. The molecule has 0 bridgehead atoms. The van der Waals surface area contributed by atoms with Crippen LogP contribution in [0.1, 0.15) is 27.2 Å². The van der Waals surface area contributed by atoms with Gasteiger partial charge in [0.15, 0.2) is 11.0 Å². The van der Waals surface area contributed by atoms with Crippen molar-refractivity contribution in [1.29, 1.82) is 0 Å². The summed E-state index contributed by atoms with van der Waals surface area (Å²) in [5, 5.41) is 2.89. The largest absolute Gasteiger partial charge is 0.309 e. The molecule has 0 aliphatic rings. The van der Waals surface area contributed by atoms with Gasteiger partial charge in [0, 0.05) is 6.42 Å². The molecule has 1 aromatic rings. The smallest absolute Gasteiger partial charge is 0.226 e. The van der Waals surface area contributed by atoms with Crippen LogP contribution in [-0.2, 0) is 4.79 Å². The van der Waals surface area contributed by atoms with Gasteiger partial charge in [-0.1, -0.05) is 44.0 Å². The Bertz CT molecular complexity index is 402. The summed E-state index contributed by atoms with van der Waals surface area (Å²) in [7, 11) is 0. The minimum absolute atomic E-state index is 0.0899. The summed E-state index contributed by atoms with van der Waals surface area (Å²) in [6.07, 6.45) is 1.63. The Hall–Kier alpha value is -0.870. The lowest BCUT2D eigenvalue weighted by Gasteiger charge is -2.17. The van der Waals surface area contributed by atoms with Crippen LogP contribution >= 0.6 is 23.2 Å². The number of rotatable bonds is 2. The van der Waals surface area contributed by atoms with E-state index in [2.05, 4.69) is 15.3 Å². The van der Waals surface area contributed by atoms with Gasteiger partial charge in [0.2, 0.25) is 5.91 Å². The van der Waals surface area contributed by atoms with Crippen molar-refractivity contribution in [1.82, 2.24) is 9.97 Å². The fourth-order valence-electron chi connectivity index (χ4n) is 1.09. The minimum atomic E-state index is -0.149. The van der Waals surface area contributed by atoms with Gasteiger partial charge in [-0.3, -0.25) is 4.79 Å². The van der Waals surface area contributed by atoms with Gasteiger partial charge in [-0.2, -0.15) is 0 Å². The first-order valence-electron chi connectivity index (χ1n) is 4.75. The number of carbonyl (C=O) groups is 1. The van der Waals surface area contributed by atoms with E-state index in [1.54, 1.807) is 0 Å². The summed E-state index contributed by atoms with van der Waals surface area (Å²) in [6, 6.07) is 0. The molecule has 0 aliphatic heterocycles. The van der Waals surface area contributed by atoms with Crippen molar-refractivity contribution < 1.29 is 4.79 Å². The maximum atomic E-state index is 11.6. The van der Waals surface area contributed by atoms with Crippen LogP contribution in [0.4, 0.5) is 5.82 Å². The highest BCUT2D eigenvalue weighted by molar-refractivity contribution is 6.42. The summed E-state index contributed by atoms with van der Waals surface area (Å²) < 4.78 is 0. The lowest BCUT2D eigenvalue weighted by molar-refractivity contribution is -0.117. The molecule has 0 unspecified atom stereocenters. The molecule has 0 saturated carbocycles. The quantitative estimate of drug-likeness (QED) is 0.833. The molecule has 0 atom stereocenters. The summed E-state index contributed by atoms with van der Waals surface area (Å²) in [4.78, 5) is 19.2. The number of carbonyl (C=O) groups excluding carboxylic acids is 1. The molecule has 1 N–H and O–H groups in total. The van der Waals surface area contributed by atoms with Crippen LogP contribution in [0.15, 0.2) is 6.33 Å². The van der Waals surface area contributed by atoms with E-state index in [1.165, 1.54) is 6.33 Å². The number of halogens is 2. The molecule has 1 aromatic heterocycles. The molecule has 88 valence electrons. The van der Waals surface area contributed by atoms with Gasteiger partial charge < -0.3 is 5.32 Å². The van der Waals surface area contributed by atoms with Crippen molar-refractivity contribution in [3.63, 3.8) is 0 Å². The first kappa shape index (κ1) is 13.2. The van der Waals surface area contributed by atoms with Gasteiger partial charge in [0.1, 0.15) is 11.3 Å². The second kappa shape index (κ2) is 4.97. The molecule has 0 saturated heterocycles. The average molecular weight is 262 g/mol. The fourth-order valence-corrected chi connectivity index (χ4v) is 1.37. The number of anilines is 1. The van der Waals surface area contributed by atoms with Crippen molar-refractivity contribution in [3.05, 3.63) is 16.5 Å². The number of nitrogens with one attached hydrogen (secondary N) is 1. The van der Waals surface area contributed by atoms with Gasteiger partial charge in [-0.25, -0.2) is 9.97 Å². The summed E-state index contributed by atoms with van der Waals surface area (Å²) in [5.41, 5.74) is -0.0899. The SMILES string of the molecule is CC(C)(C)CC(=O)Nc1ncnc(Cl)c1Cl. The second-order valence-electron chi connectivity index (χ2n) is 4.61. The van der Waals surface area contributed by atoms with Crippen molar-refractivity contribution in [2.24, 2.45) is 5.41 Å².